The molecule has 0 radical (unpaired) electrons. The Morgan fingerprint density at radius 3 is 2.94 bits per heavy atom. The first-order valence-corrected chi connectivity index (χ1v) is 6.66. The van der Waals surface area contributed by atoms with Crippen molar-refractivity contribution >= 4 is 21.4 Å². The zero-order valence-electron chi connectivity index (χ0n) is 9.49. The molecule has 1 aromatic carbocycles. The van der Waals surface area contributed by atoms with Gasteiger partial charge in [0.15, 0.2) is 0 Å². The Kier molecular flexibility index (Phi) is 3.09. The van der Waals surface area contributed by atoms with Crippen LogP contribution in [0.15, 0.2) is 23.6 Å². The van der Waals surface area contributed by atoms with Gasteiger partial charge in [0, 0.05) is 24.3 Å². The van der Waals surface area contributed by atoms with E-state index in [9.17, 15) is 4.39 Å². The van der Waals surface area contributed by atoms with Crippen LogP contribution in [0.4, 0.5) is 4.39 Å². The second-order valence-electron chi connectivity index (χ2n) is 4.29. The van der Waals surface area contributed by atoms with Crippen molar-refractivity contribution in [2.75, 3.05) is 26.3 Å². The summed E-state index contributed by atoms with van der Waals surface area (Å²) in [7, 11) is 0. The van der Waals surface area contributed by atoms with E-state index < -0.39 is 0 Å². The molecule has 90 valence electrons. The van der Waals surface area contributed by atoms with E-state index in [4.69, 9.17) is 4.74 Å². The number of nitrogens with zero attached hydrogens (tertiary/aromatic N) is 1. The quantitative estimate of drug-likeness (QED) is 0.813. The number of hydrogen-bond donors (Lipinski definition) is 0. The summed E-state index contributed by atoms with van der Waals surface area (Å²) in [6.07, 6.45) is 0. The van der Waals surface area contributed by atoms with Gasteiger partial charge >= 0.3 is 0 Å². The fourth-order valence-electron chi connectivity index (χ4n) is 2.18. The monoisotopic (exact) mass is 251 g/mol. The second kappa shape index (κ2) is 4.72. The maximum Gasteiger partial charge on any atom is 0.124 e. The van der Waals surface area contributed by atoms with E-state index in [0.29, 0.717) is 0 Å². The smallest absolute Gasteiger partial charge is 0.124 e. The summed E-state index contributed by atoms with van der Waals surface area (Å²) in [5.74, 6) is -0.155. The van der Waals surface area contributed by atoms with Gasteiger partial charge in [-0.1, -0.05) is 6.07 Å². The lowest BCUT2D eigenvalue weighted by Gasteiger charge is -2.26. The van der Waals surface area contributed by atoms with Crippen LogP contribution in [0.2, 0.25) is 0 Å². The molecule has 3 rings (SSSR count). The lowest BCUT2D eigenvalue weighted by Crippen LogP contribution is -2.35. The first-order valence-electron chi connectivity index (χ1n) is 5.79. The molecule has 0 unspecified atom stereocenters. The van der Waals surface area contributed by atoms with Crippen LogP contribution in [0, 0.1) is 5.82 Å². The highest BCUT2D eigenvalue weighted by Crippen LogP contribution is 2.27. The van der Waals surface area contributed by atoms with Gasteiger partial charge < -0.3 is 4.74 Å². The zero-order chi connectivity index (χ0) is 11.7. The molecule has 2 aromatic rings. The SMILES string of the molecule is Fc1ccc2c(CN3CCOCC3)csc2c1. The van der Waals surface area contributed by atoms with Crippen LogP contribution < -0.4 is 0 Å². The number of benzene rings is 1. The summed E-state index contributed by atoms with van der Waals surface area (Å²) in [6.45, 7) is 4.54. The van der Waals surface area contributed by atoms with Crippen molar-refractivity contribution in [3.05, 3.63) is 35.0 Å². The van der Waals surface area contributed by atoms with E-state index in [2.05, 4.69) is 10.3 Å². The van der Waals surface area contributed by atoms with Crippen LogP contribution in [-0.4, -0.2) is 31.2 Å². The van der Waals surface area contributed by atoms with Crippen molar-refractivity contribution in [2.24, 2.45) is 0 Å². The molecule has 2 heterocycles. The fraction of sp³-hybridized carbons (Fsp3) is 0.385. The third-order valence-electron chi connectivity index (χ3n) is 3.12. The first kappa shape index (κ1) is 11.1. The molecule has 0 saturated carbocycles. The molecule has 0 N–H and O–H groups in total. The van der Waals surface area contributed by atoms with Crippen LogP contribution >= 0.6 is 11.3 Å². The van der Waals surface area contributed by atoms with Crippen LogP contribution in [0.1, 0.15) is 5.56 Å². The number of morpholine rings is 1. The third-order valence-corrected chi connectivity index (χ3v) is 4.11. The van der Waals surface area contributed by atoms with E-state index in [0.717, 1.165) is 37.5 Å². The fourth-order valence-corrected chi connectivity index (χ4v) is 3.16. The molecule has 0 aliphatic carbocycles. The summed E-state index contributed by atoms with van der Waals surface area (Å²) < 4.78 is 19.5. The summed E-state index contributed by atoms with van der Waals surface area (Å²) >= 11 is 1.62. The van der Waals surface area contributed by atoms with E-state index >= 15 is 0 Å². The zero-order valence-corrected chi connectivity index (χ0v) is 10.3. The molecular weight excluding hydrogens is 237 g/mol. The lowest BCUT2D eigenvalue weighted by molar-refractivity contribution is 0.0344. The molecule has 1 saturated heterocycles. The molecule has 1 aliphatic rings. The van der Waals surface area contributed by atoms with Gasteiger partial charge in [-0.2, -0.15) is 0 Å². The van der Waals surface area contributed by atoms with Crippen molar-refractivity contribution in [2.45, 2.75) is 6.54 Å². The number of hydrogen-bond acceptors (Lipinski definition) is 3. The van der Waals surface area contributed by atoms with Crippen molar-refractivity contribution in [1.82, 2.24) is 4.90 Å². The van der Waals surface area contributed by atoms with Gasteiger partial charge in [0.2, 0.25) is 0 Å². The largest absolute Gasteiger partial charge is 0.379 e. The molecule has 0 amide bonds. The summed E-state index contributed by atoms with van der Waals surface area (Å²) in [4.78, 5) is 2.38. The van der Waals surface area contributed by atoms with Crippen molar-refractivity contribution in [1.29, 1.82) is 0 Å². The Balaban J connectivity index is 1.84. The highest BCUT2D eigenvalue weighted by atomic mass is 32.1. The van der Waals surface area contributed by atoms with E-state index in [1.54, 1.807) is 17.4 Å². The summed E-state index contributed by atoms with van der Waals surface area (Å²) in [5, 5.41) is 3.32. The Bertz CT molecular complexity index is 519. The second-order valence-corrected chi connectivity index (χ2v) is 5.20. The van der Waals surface area contributed by atoms with Gasteiger partial charge in [-0.3, -0.25) is 4.90 Å². The van der Waals surface area contributed by atoms with Crippen molar-refractivity contribution in [3.63, 3.8) is 0 Å². The average Bonchev–Trinajstić information content (AvgIpc) is 2.73. The summed E-state index contributed by atoms with van der Waals surface area (Å²) in [6, 6.07) is 5.04. The van der Waals surface area contributed by atoms with Gasteiger partial charge in [0.25, 0.3) is 0 Å². The predicted molar refractivity (Wildman–Crippen MR) is 67.9 cm³/mol. The predicted octanol–water partition coefficient (Wildman–Crippen LogP) is 2.87. The highest BCUT2D eigenvalue weighted by Gasteiger charge is 2.13. The van der Waals surface area contributed by atoms with Gasteiger partial charge in [0.05, 0.1) is 13.2 Å². The molecule has 0 atom stereocenters. The van der Waals surface area contributed by atoms with Crippen molar-refractivity contribution < 1.29 is 9.13 Å². The molecule has 1 aliphatic heterocycles. The van der Waals surface area contributed by atoms with E-state index in [1.165, 1.54) is 17.0 Å². The number of halogens is 1. The van der Waals surface area contributed by atoms with E-state index in [-0.39, 0.29) is 5.82 Å². The first-order chi connectivity index (χ1) is 8.33. The maximum atomic E-state index is 13.1. The Labute approximate surface area is 104 Å². The molecule has 2 nitrogen and oxygen atoms in total. The van der Waals surface area contributed by atoms with Crippen molar-refractivity contribution in [3.8, 4) is 0 Å². The van der Waals surface area contributed by atoms with Crippen LogP contribution in [0.5, 0.6) is 0 Å². The average molecular weight is 251 g/mol. The number of ether oxygens (including phenoxy) is 1. The van der Waals surface area contributed by atoms with Crippen LogP contribution in [0.25, 0.3) is 10.1 Å². The topological polar surface area (TPSA) is 12.5 Å². The van der Waals surface area contributed by atoms with Gasteiger partial charge in [-0.15, -0.1) is 11.3 Å². The lowest BCUT2D eigenvalue weighted by atomic mass is 10.1. The minimum absolute atomic E-state index is 0.155. The highest BCUT2D eigenvalue weighted by molar-refractivity contribution is 7.17. The molecule has 1 fully saturated rings. The Hall–Kier alpha value is -0.970. The van der Waals surface area contributed by atoms with Crippen LogP contribution in [-0.2, 0) is 11.3 Å². The number of thiophene rings is 1. The number of rotatable bonds is 2. The molecule has 1 aromatic heterocycles. The van der Waals surface area contributed by atoms with Crippen LogP contribution in [0.3, 0.4) is 0 Å². The molecular formula is C13H14FNOS. The standard InChI is InChI=1S/C13H14FNOS/c14-11-1-2-12-10(9-17-13(12)7-11)8-15-3-5-16-6-4-15/h1-2,7,9H,3-6,8H2. The normalized spacial score (nSPS) is 17.7. The molecule has 0 spiro atoms. The number of fused-ring (bicyclic) bond motifs is 1. The molecule has 17 heavy (non-hydrogen) atoms. The molecule has 0 bridgehead atoms. The third kappa shape index (κ3) is 2.34. The van der Waals surface area contributed by atoms with Gasteiger partial charge in [0.1, 0.15) is 5.82 Å². The minimum Gasteiger partial charge on any atom is -0.379 e. The Morgan fingerprint density at radius 2 is 2.12 bits per heavy atom. The van der Waals surface area contributed by atoms with E-state index in [1.807, 2.05) is 6.07 Å². The minimum atomic E-state index is -0.155. The molecule has 4 heteroatoms. The summed E-state index contributed by atoms with van der Waals surface area (Å²) in [5.41, 5.74) is 1.30. The Morgan fingerprint density at radius 1 is 1.29 bits per heavy atom. The van der Waals surface area contributed by atoms with Gasteiger partial charge in [-0.25, -0.2) is 4.39 Å². The van der Waals surface area contributed by atoms with Gasteiger partial charge in [-0.05, 0) is 28.5 Å². The maximum absolute atomic E-state index is 13.1.